The van der Waals surface area contributed by atoms with Crippen LogP contribution in [0.4, 0.5) is 0 Å². The lowest BCUT2D eigenvalue weighted by atomic mass is 9.88. The number of likely N-dealkylation sites (tertiary alicyclic amines) is 1. The zero-order valence-corrected chi connectivity index (χ0v) is 17.4. The molecule has 0 bridgehead atoms. The summed E-state index contributed by atoms with van der Waals surface area (Å²) >= 11 is 0. The number of rotatable bonds is 6. The zero-order valence-electron chi connectivity index (χ0n) is 17.4. The Hall–Kier alpha value is -2.11. The maximum Gasteiger partial charge on any atom is 0.225 e. The van der Waals surface area contributed by atoms with E-state index >= 15 is 0 Å². The average molecular weight is 386 g/mol. The van der Waals surface area contributed by atoms with E-state index in [1.165, 1.54) is 24.8 Å². The SMILES string of the molecule is CCNC(=NCCc1ccc(C)nc1)NC1CCN(C(=O)C2CCCCC2)C1. The molecule has 1 amide bonds. The van der Waals surface area contributed by atoms with Gasteiger partial charge in [0, 0.05) is 50.0 Å². The maximum absolute atomic E-state index is 12.8. The molecule has 0 aromatic carbocycles. The quantitative estimate of drug-likeness (QED) is 0.583. The molecule has 1 aromatic rings. The van der Waals surface area contributed by atoms with Crippen molar-refractivity contribution in [3.8, 4) is 0 Å². The average Bonchev–Trinajstić information content (AvgIpc) is 3.18. The lowest BCUT2D eigenvalue weighted by Crippen LogP contribution is -2.45. The highest BCUT2D eigenvalue weighted by molar-refractivity contribution is 5.81. The van der Waals surface area contributed by atoms with E-state index in [0.29, 0.717) is 5.91 Å². The Morgan fingerprint density at radius 2 is 2.07 bits per heavy atom. The number of hydrogen-bond donors (Lipinski definition) is 2. The Morgan fingerprint density at radius 3 is 2.79 bits per heavy atom. The van der Waals surface area contributed by atoms with Crippen molar-refractivity contribution in [3.05, 3.63) is 29.6 Å². The van der Waals surface area contributed by atoms with Gasteiger partial charge in [-0.05, 0) is 51.2 Å². The lowest BCUT2D eigenvalue weighted by molar-refractivity contribution is -0.135. The lowest BCUT2D eigenvalue weighted by Gasteiger charge is -2.26. The molecule has 1 unspecified atom stereocenters. The molecule has 2 N–H and O–H groups in total. The van der Waals surface area contributed by atoms with Gasteiger partial charge in [-0.15, -0.1) is 0 Å². The molecule has 2 aliphatic rings. The number of guanidine groups is 1. The highest BCUT2D eigenvalue weighted by atomic mass is 16.2. The summed E-state index contributed by atoms with van der Waals surface area (Å²) in [5.74, 6) is 1.48. The molecule has 1 atom stereocenters. The molecule has 1 aromatic heterocycles. The van der Waals surface area contributed by atoms with Gasteiger partial charge < -0.3 is 15.5 Å². The van der Waals surface area contributed by atoms with Crippen LogP contribution in [0, 0.1) is 12.8 Å². The molecule has 154 valence electrons. The Kier molecular flexibility index (Phi) is 7.69. The van der Waals surface area contributed by atoms with Crippen molar-refractivity contribution >= 4 is 11.9 Å². The molecule has 2 heterocycles. The molecule has 1 aliphatic carbocycles. The number of carbonyl (C=O) groups is 1. The fraction of sp³-hybridized carbons (Fsp3) is 0.682. The molecule has 3 rings (SSSR count). The highest BCUT2D eigenvalue weighted by Gasteiger charge is 2.31. The van der Waals surface area contributed by atoms with Crippen molar-refractivity contribution in [2.24, 2.45) is 10.9 Å². The maximum atomic E-state index is 12.8. The smallest absolute Gasteiger partial charge is 0.225 e. The summed E-state index contributed by atoms with van der Waals surface area (Å²) in [6.07, 6.45) is 9.65. The molecular weight excluding hydrogens is 350 g/mol. The van der Waals surface area contributed by atoms with Crippen molar-refractivity contribution in [1.82, 2.24) is 20.5 Å². The van der Waals surface area contributed by atoms with E-state index in [2.05, 4.69) is 33.5 Å². The number of nitrogens with zero attached hydrogens (tertiary/aromatic N) is 3. The Morgan fingerprint density at radius 1 is 1.25 bits per heavy atom. The Bertz CT molecular complexity index is 651. The fourth-order valence-electron chi connectivity index (χ4n) is 4.14. The van der Waals surface area contributed by atoms with E-state index in [-0.39, 0.29) is 12.0 Å². The van der Waals surface area contributed by atoms with Gasteiger partial charge in [-0.1, -0.05) is 25.3 Å². The molecular formula is C22H35N5O. The summed E-state index contributed by atoms with van der Waals surface area (Å²) in [6.45, 7) is 7.28. The normalized spacial score (nSPS) is 21.0. The van der Waals surface area contributed by atoms with E-state index < -0.39 is 0 Å². The summed E-state index contributed by atoms with van der Waals surface area (Å²) in [6, 6.07) is 4.44. The minimum Gasteiger partial charge on any atom is -0.357 e. The van der Waals surface area contributed by atoms with Crippen LogP contribution in [0.15, 0.2) is 23.3 Å². The van der Waals surface area contributed by atoms with Crippen LogP contribution in [0.3, 0.4) is 0 Å². The Balaban J connectivity index is 1.48. The van der Waals surface area contributed by atoms with Crippen LogP contribution in [-0.2, 0) is 11.2 Å². The van der Waals surface area contributed by atoms with Crippen LogP contribution in [0.2, 0.25) is 0 Å². The van der Waals surface area contributed by atoms with E-state index in [9.17, 15) is 4.79 Å². The second-order valence-corrected chi connectivity index (χ2v) is 8.07. The number of hydrogen-bond acceptors (Lipinski definition) is 3. The summed E-state index contributed by atoms with van der Waals surface area (Å²) in [5, 5.41) is 6.86. The van der Waals surface area contributed by atoms with Crippen molar-refractivity contribution < 1.29 is 4.79 Å². The van der Waals surface area contributed by atoms with E-state index in [1.807, 2.05) is 19.2 Å². The number of aliphatic imine (C=N–C) groups is 1. The van der Waals surface area contributed by atoms with E-state index in [4.69, 9.17) is 4.99 Å². The molecule has 2 fully saturated rings. The molecule has 0 radical (unpaired) electrons. The van der Waals surface area contributed by atoms with Crippen molar-refractivity contribution in [1.29, 1.82) is 0 Å². The third-order valence-electron chi connectivity index (χ3n) is 5.78. The summed E-state index contributed by atoms with van der Waals surface area (Å²) in [5.41, 5.74) is 2.24. The number of pyridine rings is 1. The summed E-state index contributed by atoms with van der Waals surface area (Å²) in [7, 11) is 0. The van der Waals surface area contributed by atoms with Gasteiger partial charge in [0.05, 0.1) is 0 Å². The van der Waals surface area contributed by atoms with Crippen molar-refractivity contribution in [3.63, 3.8) is 0 Å². The third kappa shape index (κ3) is 5.94. The standard InChI is InChI=1S/C22H35N5O/c1-3-23-22(24-13-11-18-10-9-17(2)25-15-18)26-20-12-14-27(16-20)21(28)19-7-5-4-6-8-19/h9-10,15,19-20H,3-8,11-14,16H2,1-2H3,(H2,23,24,26). The zero-order chi connectivity index (χ0) is 19.8. The van der Waals surface area contributed by atoms with Crippen LogP contribution in [0.5, 0.6) is 0 Å². The minimum atomic E-state index is 0.262. The van der Waals surface area contributed by atoms with Gasteiger partial charge in [0.1, 0.15) is 0 Å². The predicted molar refractivity (Wildman–Crippen MR) is 113 cm³/mol. The molecule has 28 heavy (non-hydrogen) atoms. The van der Waals surface area contributed by atoms with Crippen LogP contribution in [-0.4, -0.2) is 54.0 Å². The predicted octanol–water partition coefficient (Wildman–Crippen LogP) is 2.67. The van der Waals surface area contributed by atoms with Gasteiger partial charge in [0.2, 0.25) is 5.91 Å². The number of aromatic nitrogens is 1. The first-order valence-electron chi connectivity index (χ1n) is 10.9. The molecule has 6 heteroatoms. The monoisotopic (exact) mass is 385 g/mol. The first-order valence-corrected chi connectivity index (χ1v) is 10.9. The van der Waals surface area contributed by atoms with Crippen LogP contribution in [0.1, 0.15) is 56.7 Å². The first-order chi connectivity index (χ1) is 13.7. The van der Waals surface area contributed by atoms with Crippen molar-refractivity contribution in [2.45, 2.75) is 64.8 Å². The number of nitrogens with one attached hydrogen (secondary N) is 2. The van der Waals surface area contributed by atoms with Gasteiger partial charge in [-0.3, -0.25) is 14.8 Å². The van der Waals surface area contributed by atoms with Crippen LogP contribution >= 0.6 is 0 Å². The van der Waals surface area contributed by atoms with Gasteiger partial charge in [-0.25, -0.2) is 0 Å². The molecule has 1 saturated heterocycles. The molecule has 1 aliphatic heterocycles. The van der Waals surface area contributed by atoms with E-state index in [0.717, 1.165) is 63.5 Å². The minimum absolute atomic E-state index is 0.262. The summed E-state index contributed by atoms with van der Waals surface area (Å²) < 4.78 is 0. The number of carbonyl (C=O) groups excluding carboxylic acids is 1. The first kappa shape index (κ1) is 20.6. The van der Waals surface area contributed by atoms with E-state index in [1.54, 1.807) is 0 Å². The van der Waals surface area contributed by atoms with Crippen LogP contribution in [0.25, 0.3) is 0 Å². The van der Waals surface area contributed by atoms with Gasteiger partial charge in [0.15, 0.2) is 5.96 Å². The van der Waals surface area contributed by atoms with Crippen molar-refractivity contribution in [2.75, 3.05) is 26.2 Å². The molecule has 6 nitrogen and oxygen atoms in total. The van der Waals surface area contributed by atoms with Crippen LogP contribution < -0.4 is 10.6 Å². The van der Waals surface area contributed by atoms with Gasteiger partial charge >= 0.3 is 0 Å². The number of aryl methyl sites for hydroxylation is 1. The largest absolute Gasteiger partial charge is 0.357 e. The second kappa shape index (κ2) is 10.4. The van der Waals surface area contributed by atoms with Gasteiger partial charge in [0.25, 0.3) is 0 Å². The summed E-state index contributed by atoms with van der Waals surface area (Å²) in [4.78, 5) is 23.9. The topological polar surface area (TPSA) is 69.6 Å². The molecule has 1 saturated carbocycles. The third-order valence-corrected chi connectivity index (χ3v) is 5.78. The van der Waals surface area contributed by atoms with Gasteiger partial charge in [-0.2, -0.15) is 0 Å². The highest BCUT2D eigenvalue weighted by Crippen LogP contribution is 2.26. The fourth-order valence-corrected chi connectivity index (χ4v) is 4.14. The second-order valence-electron chi connectivity index (χ2n) is 8.07. The number of amides is 1. The Labute approximate surface area is 169 Å². The molecule has 0 spiro atoms.